The second-order valence-electron chi connectivity index (χ2n) is 4.73. The van der Waals surface area contributed by atoms with Gasteiger partial charge in [0.25, 0.3) is 0 Å². The molecule has 3 heteroatoms. The van der Waals surface area contributed by atoms with E-state index in [0.717, 1.165) is 6.42 Å². The lowest BCUT2D eigenvalue weighted by Gasteiger charge is -2.25. The van der Waals surface area contributed by atoms with Gasteiger partial charge in [-0.15, -0.1) is 6.58 Å². The summed E-state index contributed by atoms with van der Waals surface area (Å²) in [6.45, 7) is 3.97. The lowest BCUT2D eigenvalue weighted by molar-refractivity contribution is 0.475. The minimum absolute atomic E-state index is 0.0808. The molecule has 2 aromatic rings. The van der Waals surface area contributed by atoms with Gasteiger partial charge in [-0.2, -0.15) is 0 Å². The van der Waals surface area contributed by atoms with Crippen LogP contribution in [0.3, 0.4) is 0 Å². The van der Waals surface area contributed by atoms with E-state index >= 15 is 0 Å². The molecular formula is C17H20NOP. The molecule has 2 N–H and O–H groups in total. The van der Waals surface area contributed by atoms with E-state index in [1.54, 1.807) is 0 Å². The maximum atomic E-state index is 9.29. The van der Waals surface area contributed by atoms with Crippen LogP contribution >= 0.6 is 8.96 Å². The van der Waals surface area contributed by atoms with Crippen LogP contribution in [-0.2, 0) is 6.42 Å². The van der Waals surface area contributed by atoms with Crippen LogP contribution in [0, 0.1) is 5.92 Å². The Morgan fingerprint density at radius 3 is 2.20 bits per heavy atom. The standard InChI is InChI=1S/C17H20NOP/c1-2-15(13-14-9-5-3-6-10-14)17(18-20-19)16-11-7-4-8-12-16/h2-12,15,17-20H,1,13H2/t15-,17+/m0/s1. The third kappa shape index (κ3) is 4.01. The summed E-state index contributed by atoms with van der Waals surface area (Å²) in [4.78, 5) is 9.29. The average molecular weight is 285 g/mol. The summed E-state index contributed by atoms with van der Waals surface area (Å²) >= 11 is 0. The lowest BCUT2D eigenvalue weighted by Crippen LogP contribution is -2.23. The van der Waals surface area contributed by atoms with Crippen molar-refractivity contribution >= 4 is 8.96 Å². The Bertz CT molecular complexity index is 515. The second-order valence-corrected chi connectivity index (χ2v) is 5.25. The van der Waals surface area contributed by atoms with Crippen molar-refractivity contribution < 1.29 is 4.89 Å². The van der Waals surface area contributed by atoms with Crippen molar-refractivity contribution in [2.75, 3.05) is 0 Å². The molecular weight excluding hydrogens is 265 g/mol. The third-order valence-corrected chi connectivity index (χ3v) is 3.86. The van der Waals surface area contributed by atoms with Crippen LogP contribution in [0.25, 0.3) is 0 Å². The van der Waals surface area contributed by atoms with E-state index in [2.05, 4.69) is 35.9 Å². The fourth-order valence-electron chi connectivity index (χ4n) is 2.39. The van der Waals surface area contributed by atoms with Gasteiger partial charge in [0.1, 0.15) is 0 Å². The molecule has 0 aliphatic heterocycles. The fourth-order valence-corrected chi connectivity index (χ4v) is 2.91. The van der Waals surface area contributed by atoms with Crippen molar-refractivity contribution in [3.63, 3.8) is 0 Å². The molecule has 3 atom stereocenters. The fraction of sp³-hybridized carbons (Fsp3) is 0.176. The van der Waals surface area contributed by atoms with Gasteiger partial charge in [-0.05, 0) is 17.5 Å². The summed E-state index contributed by atoms with van der Waals surface area (Å²) < 4.78 is 0. The molecule has 0 bridgehead atoms. The normalized spacial score (nSPS) is 14.2. The number of hydrogen-bond acceptors (Lipinski definition) is 2. The predicted molar refractivity (Wildman–Crippen MR) is 86.7 cm³/mol. The highest BCUT2D eigenvalue weighted by atomic mass is 31.1. The van der Waals surface area contributed by atoms with Crippen molar-refractivity contribution in [2.24, 2.45) is 5.92 Å². The van der Waals surface area contributed by atoms with Crippen LogP contribution in [0.15, 0.2) is 73.3 Å². The predicted octanol–water partition coefficient (Wildman–Crippen LogP) is 3.86. The first-order chi connectivity index (χ1) is 9.85. The van der Waals surface area contributed by atoms with Gasteiger partial charge in [-0.25, -0.2) is 0 Å². The molecule has 1 unspecified atom stereocenters. The first-order valence-corrected chi connectivity index (χ1v) is 7.66. The van der Waals surface area contributed by atoms with Crippen LogP contribution in [0.1, 0.15) is 17.2 Å². The van der Waals surface area contributed by atoms with E-state index in [1.165, 1.54) is 11.1 Å². The molecule has 2 nitrogen and oxygen atoms in total. The van der Waals surface area contributed by atoms with Crippen LogP contribution in [0.5, 0.6) is 0 Å². The molecule has 0 fully saturated rings. The van der Waals surface area contributed by atoms with Crippen LogP contribution in [0.2, 0.25) is 0 Å². The molecule has 20 heavy (non-hydrogen) atoms. The van der Waals surface area contributed by atoms with Crippen molar-refractivity contribution in [3.05, 3.63) is 84.4 Å². The van der Waals surface area contributed by atoms with Gasteiger partial charge < -0.3 is 4.89 Å². The molecule has 104 valence electrons. The van der Waals surface area contributed by atoms with Crippen LogP contribution < -0.4 is 5.09 Å². The van der Waals surface area contributed by atoms with E-state index in [4.69, 9.17) is 0 Å². The van der Waals surface area contributed by atoms with E-state index in [-0.39, 0.29) is 20.9 Å². The van der Waals surface area contributed by atoms with Crippen molar-refractivity contribution in [3.8, 4) is 0 Å². The zero-order valence-corrected chi connectivity index (χ0v) is 12.4. The zero-order chi connectivity index (χ0) is 14.2. The molecule has 0 amide bonds. The number of rotatable bonds is 7. The summed E-state index contributed by atoms with van der Waals surface area (Å²) in [6.07, 6.45) is 2.87. The molecule has 2 rings (SSSR count). The number of hydrogen-bond donors (Lipinski definition) is 2. The summed E-state index contributed by atoms with van der Waals surface area (Å²) in [7, 11) is -0.278. The number of benzene rings is 2. The summed E-state index contributed by atoms with van der Waals surface area (Å²) in [5.41, 5.74) is 2.45. The third-order valence-electron chi connectivity index (χ3n) is 3.42. The second kappa shape index (κ2) is 7.96. The van der Waals surface area contributed by atoms with Gasteiger partial charge in [0.15, 0.2) is 0 Å². The zero-order valence-electron chi connectivity index (χ0n) is 11.4. The topological polar surface area (TPSA) is 32.3 Å². The average Bonchev–Trinajstić information content (AvgIpc) is 2.52. The van der Waals surface area contributed by atoms with Crippen molar-refractivity contribution in [1.82, 2.24) is 5.09 Å². The molecule has 0 spiro atoms. The molecule has 0 aliphatic rings. The Morgan fingerprint density at radius 1 is 1.05 bits per heavy atom. The highest BCUT2D eigenvalue weighted by molar-refractivity contribution is 7.28. The number of nitrogens with one attached hydrogen (secondary N) is 1. The quantitative estimate of drug-likeness (QED) is 0.598. The Morgan fingerprint density at radius 2 is 1.65 bits per heavy atom. The van der Waals surface area contributed by atoms with Crippen LogP contribution in [0.4, 0.5) is 0 Å². The largest absolute Gasteiger partial charge is 0.361 e. The Balaban J connectivity index is 2.19. The first kappa shape index (κ1) is 14.9. The highest BCUT2D eigenvalue weighted by Gasteiger charge is 2.20. The van der Waals surface area contributed by atoms with Gasteiger partial charge >= 0.3 is 0 Å². The SMILES string of the molecule is C=C[C@@H](Cc1ccccc1)[C@@H](NPO)c1ccccc1. The molecule has 0 aliphatic carbocycles. The van der Waals surface area contributed by atoms with E-state index < -0.39 is 0 Å². The monoisotopic (exact) mass is 285 g/mol. The molecule has 0 heterocycles. The maximum absolute atomic E-state index is 9.29. The molecule has 0 saturated carbocycles. The molecule has 0 saturated heterocycles. The Labute approximate surface area is 122 Å². The highest BCUT2D eigenvalue weighted by Crippen LogP contribution is 2.28. The van der Waals surface area contributed by atoms with Crippen molar-refractivity contribution in [2.45, 2.75) is 12.5 Å². The van der Waals surface area contributed by atoms with Gasteiger partial charge in [0.05, 0.1) is 8.96 Å². The Hall–Kier alpha value is -1.47. The van der Waals surface area contributed by atoms with Gasteiger partial charge in [0, 0.05) is 12.0 Å². The van der Waals surface area contributed by atoms with Crippen LogP contribution in [-0.4, -0.2) is 4.89 Å². The summed E-state index contributed by atoms with van der Waals surface area (Å²) in [5.74, 6) is 0.236. The first-order valence-electron chi connectivity index (χ1n) is 6.71. The van der Waals surface area contributed by atoms with Gasteiger partial charge in [-0.1, -0.05) is 66.7 Å². The summed E-state index contributed by atoms with van der Waals surface area (Å²) in [6, 6.07) is 20.7. The van der Waals surface area contributed by atoms with E-state index in [9.17, 15) is 4.89 Å². The molecule has 0 aromatic heterocycles. The van der Waals surface area contributed by atoms with E-state index in [1.807, 2.05) is 42.5 Å². The van der Waals surface area contributed by atoms with Gasteiger partial charge in [0.2, 0.25) is 0 Å². The van der Waals surface area contributed by atoms with E-state index in [0.29, 0.717) is 0 Å². The van der Waals surface area contributed by atoms with Gasteiger partial charge in [-0.3, -0.25) is 5.09 Å². The smallest absolute Gasteiger partial charge is 0.0830 e. The minimum Gasteiger partial charge on any atom is -0.361 e. The minimum atomic E-state index is -0.278. The maximum Gasteiger partial charge on any atom is 0.0830 e. The lowest BCUT2D eigenvalue weighted by atomic mass is 9.88. The van der Waals surface area contributed by atoms with Crippen molar-refractivity contribution in [1.29, 1.82) is 0 Å². The summed E-state index contributed by atoms with van der Waals surface area (Å²) in [5, 5.41) is 3.18. The Kier molecular flexibility index (Phi) is 5.94. The molecule has 0 radical (unpaired) electrons. The molecule has 2 aromatic carbocycles.